The molecule has 0 fully saturated rings. The monoisotopic (exact) mass is 340 g/mol. The van der Waals surface area contributed by atoms with Gasteiger partial charge in [-0.25, -0.2) is 0 Å². The number of fused-ring (bicyclic) bond motifs is 2. The third kappa shape index (κ3) is 2.86. The summed E-state index contributed by atoms with van der Waals surface area (Å²) in [6.07, 6.45) is 2.34. The van der Waals surface area contributed by atoms with Gasteiger partial charge in [0.15, 0.2) is 0 Å². The molecule has 26 heavy (non-hydrogen) atoms. The third-order valence-electron chi connectivity index (χ3n) is 5.74. The predicted molar refractivity (Wildman–Crippen MR) is 109 cm³/mol. The molecule has 0 aromatic heterocycles. The van der Waals surface area contributed by atoms with Crippen LogP contribution >= 0.6 is 0 Å². The number of hydrogen-bond acceptors (Lipinski definition) is 2. The molecule has 2 aliphatic rings. The summed E-state index contributed by atoms with van der Waals surface area (Å²) in [6, 6.07) is 26.8. The smallest absolute Gasteiger partial charge is 0.0429 e. The summed E-state index contributed by atoms with van der Waals surface area (Å²) in [5, 5.41) is 0. The zero-order valence-electron chi connectivity index (χ0n) is 15.1. The second-order valence-electron chi connectivity index (χ2n) is 7.42. The van der Waals surface area contributed by atoms with E-state index in [1.807, 2.05) is 0 Å². The Morgan fingerprint density at radius 2 is 0.962 bits per heavy atom. The van der Waals surface area contributed by atoms with Crippen LogP contribution < -0.4 is 9.80 Å². The summed E-state index contributed by atoms with van der Waals surface area (Å²) >= 11 is 0. The van der Waals surface area contributed by atoms with Gasteiger partial charge < -0.3 is 9.80 Å². The van der Waals surface area contributed by atoms with E-state index in [1.165, 1.54) is 46.5 Å². The third-order valence-corrected chi connectivity index (χ3v) is 5.74. The molecule has 0 bridgehead atoms. The fourth-order valence-electron chi connectivity index (χ4n) is 4.33. The van der Waals surface area contributed by atoms with Crippen LogP contribution in [0.5, 0.6) is 0 Å². The van der Waals surface area contributed by atoms with Crippen LogP contribution in [-0.2, 0) is 25.9 Å². The summed E-state index contributed by atoms with van der Waals surface area (Å²) in [4.78, 5) is 5.00. The van der Waals surface area contributed by atoms with Gasteiger partial charge in [-0.3, -0.25) is 0 Å². The van der Waals surface area contributed by atoms with Crippen molar-refractivity contribution in [3.63, 3.8) is 0 Å². The summed E-state index contributed by atoms with van der Waals surface area (Å²) in [5.74, 6) is 0. The minimum absolute atomic E-state index is 1.00. The number of anilines is 2. The highest BCUT2D eigenvalue weighted by molar-refractivity contribution is 5.59. The van der Waals surface area contributed by atoms with Crippen LogP contribution in [0.1, 0.15) is 22.3 Å². The maximum absolute atomic E-state index is 2.50. The van der Waals surface area contributed by atoms with Gasteiger partial charge in [0.2, 0.25) is 0 Å². The van der Waals surface area contributed by atoms with E-state index in [4.69, 9.17) is 0 Å². The van der Waals surface area contributed by atoms with Gasteiger partial charge in [0.25, 0.3) is 0 Å². The van der Waals surface area contributed by atoms with Crippen LogP contribution in [0, 0.1) is 0 Å². The molecule has 0 radical (unpaired) electrons. The molecule has 5 rings (SSSR count). The first kappa shape index (κ1) is 15.5. The Morgan fingerprint density at radius 1 is 0.538 bits per heavy atom. The van der Waals surface area contributed by atoms with E-state index in [9.17, 15) is 0 Å². The van der Waals surface area contributed by atoms with Crippen LogP contribution in [0.4, 0.5) is 11.4 Å². The van der Waals surface area contributed by atoms with Crippen molar-refractivity contribution in [3.8, 4) is 0 Å². The van der Waals surface area contributed by atoms with Crippen molar-refractivity contribution < 1.29 is 0 Å². The molecule has 3 aromatic carbocycles. The first-order valence-corrected chi connectivity index (χ1v) is 9.60. The van der Waals surface area contributed by atoms with E-state index in [2.05, 4.69) is 82.6 Å². The Balaban J connectivity index is 1.27. The van der Waals surface area contributed by atoms with Gasteiger partial charge in [-0.05, 0) is 47.2 Å². The maximum atomic E-state index is 2.50. The minimum Gasteiger partial charge on any atom is -0.367 e. The molecule has 0 unspecified atom stereocenters. The van der Waals surface area contributed by atoms with E-state index >= 15 is 0 Å². The van der Waals surface area contributed by atoms with E-state index in [0.29, 0.717) is 0 Å². The van der Waals surface area contributed by atoms with Gasteiger partial charge >= 0.3 is 0 Å². The Morgan fingerprint density at radius 3 is 1.42 bits per heavy atom. The lowest BCUT2D eigenvalue weighted by molar-refractivity contribution is 0.825. The SMILES string of the molecule is c1ccc2c(c1)CCN2Cc1ccc(CN2CCc3ccccc32)cc1. The van der Waals surface area contributed by atoms with Crippen LogP contribution in [0.3, 0.4) is 0 Å². The number of para-hydroxylation sites is 2. The van der Waals surface area contributed by atoms with Crippen molar-refractivity contribution in [2.75, 3.05) is 22.9 Å². The van der Waals surface area contributed by atoms with Gasteiger partial charge in [0.05, 0.1) is 0 Å². The second-order valence-corrected chi connectivity index (χ2v) is 7.42. The molecule has 2 aliphatic heterocycles. The Kier molecular flexibility index (Phi) is 3.89. The number of nitrogens with zero attached hydrogens (tertiary/aromatic N) is 2. The number of benzene rings is 3. The molecule has 2 nitrogen and oxygen atoms in total. The lowest BCUT2D eigenvalue weighted by atomic mass is 10.1. The van der Waals surface area contributed by atoms with Crippen LogP contribution in [0.2, 0.25) is 0 Å². The van der Waals surface area contributed by atoms with Gasteiger partial charge in [-0.1, -0.05) is 60.7 Å². The van der Waals surface area contributed by atoms with Crippen molar-refractivity contribution in [2.45, 2.75) is 25.9 Å². The average Bonchev–Trinajstić information content (AvgIpc) is 3.28. The second kappa shape index (κ2) is 6.53. The summed E-state index contributed by atoms with van der Waals surface area (Å²) < 4.78 is 0. The molecule has 3 aromatic rings. The largest absolute Gasteiger partial charge is 0.367 e. The quantitative estimate of drug-likeness (QED) is 0.672. The van der Waals surface area contributed by atoms with Gasteiger partial charge in [0, 0.05) is 37.6 Å². The van der Waals surface area contributed by atoms with Crippen molar-refractivity contribution in [3.05, 3.63) is 95.1 Å². The zero-order valence-corrected chi connectivity index (χ0v) is 15.1. The first-order chi connectivity index (χ1) is 12.9. The van der Waals surface area contributed by atoms with Crippen LogP contribution in [0.15, 0.2) is 72.8 Å². The maximum Gasteiger partial charge on any atom is 0.0429 e. The number of hydrogen-bond donors (Lipinski definition) is 0. The Hall–Kier alpha value is -2.74. The van der Waals surface area contributed by atoms with E-state index < -0.39 is 0 Å². The average molecular weight is 340 g/mol. The van der Waals surface area contributed by atoms with E-state index in [-0.39, 0.29) is 0 Å². The van der Waals surface area contributed by atoms with Gasteiger partial charge in [-0.2, -0.15) is 0 Å². The predicted octanol–water partition coefficient (Wildman–Crippen LogP) is 4.81. The Bertz CT molecular complexity index is 837. The molecule has 0 saturated heterocycles. The molecule has 130 valence electrons. The lowest BCUT2D eigenvalue weighted by Gasteiger charge is -2.21. The normalized spacial score (nSPS) is 15.2. The van der Waals surface area contributed by atoms with Crippen molar-refractivity contribution >= 4 is 11.4 Å². The van der Waals surface area contributed by atoms with Crippen LogP contribution in [0.25, 0.3) is 0 Å². The molecule has 0 spiro atoms. The molecule has 0 atom stereocenters. The lowest BCUT2D eigenvalue weighted by Crippen LogP contribution is -2.20. The topological polar surface area (TPSA) is 6.48 Å². The molecule has 0 saturated carbocycles. The molecule has 2 heteroatoms. The Labute approximate surface area is 155 Å². The highest BCUT2D eigenvalue weighted by Crippen LogP contribution is 2.30. The highest BCUT2D eigenvalue weighted by Gasteiger charge is 2.19. The summed E-state index contributed by atoms with van der Waals surface area (Å²) in [6.45, 7) is 4.27. The molecule has 0 amide bonds. The standard InChI is InChI=1S/C24H24N2/c1-3-7-23-21(5-1)13-15-25(23)17-19-9-11-20(12-10-19)18-26-16-14-22-6-2-4-8-24(22)26/h1-12H,13-18H2. The van der Waals surface area contributed by atoms with Gasteiger partial charge in [-0.15, -0.1) is 0 Å². The fourth-order valence-corrected chi connectivity index (χ4v) is 4.33. The molecular formula is C24H24N2. The molecule has 0 N–H and O–H groups in total. The van der Waals surface area contributed by atoms with E-state index in [1.54, 1.807) is 0 Å². The fraction of sp³-hybridized carbons (Fsp3) is 0.250. The van der Waals surface area contributed by atoms with E-state index in [0.717, 1.165) is 26.2 Å². The number of rotatable bonds is 4. The molecular weight excluding hydrogens is 316 g/mol. The molecule has 0 aliphatic carbocycles. The highest BCUT2D eigenvalue weighted by atomic mass is 15.1. The minimum atomic E-state index is 1.00. The van der Waals surface area contributed by atoms with Crippen molar-refractivity contribution in [2.24, 2.45) is 0 Å². The van der Waals surface area contributed by atoms with Gasteiger partial charge in [0.1, 0.15) is 0 Å². The zero-order chi connectivity index (χ0) is 17.3. The summed E-state index contributed by atoms with van der Waals surface area (Å²) in [5.41, 5.74) is 8.57. The summed E-state index contributed by atoms with van der Waals surface area (Å²) in [7, 11) is 0. The van der Waals surface area contributed by atoms with Crippen LogP contribution in [-0.4, -0.2) is 13.1 Å². The van der Waals surface area contributed by atoms with Crippen molar-refractivity contribution in [1.82, 2.24) is 0 Å². The van der Waals surface area contributed by atoms with Crippen molar-refractivity contribution in [1.29, 1.82) is 0 Å². The first-order valence-electron chi connectivity index (χ1n) is 9.60. The molecule has 2 heterocycles.